The molecule has 0 spiro atoms. The normalized spacial score (nSPS) is 10.4. The topological polar surface area (TPSA) is 114 Å². The van der Waals surface area contributed by atoms with Crippen molar-refractivity contribution in [3.8, 4) is 0 Å². The van der Waals surface area contributed by atoms with Crippen molar-refractivity contribution in [1.82, 2.24) is 4.98 Å². The van der Waals surface area contributed by atoms with Crippen molar-refractivity contribution < 1.29 is 17.5 Å². The van der Waals surface area contributed by atoms with Crippen LogP contribution in [0.5, 0.6) is 0 Å². The molecule has 0 atom stereocenters. The number of pyridine rings is 1. The summed E-state index contributed by atoms with van der Waals surface area (Å²) in [6.45, 7) is 0. The molecular formula is C5H6ClN2NaO4S. The summed E-state index contributed by atoms with van der Waals surface area (Å²) in [5.41, 5.74) is 5.40. The molecular weight excluding hydrogens is 243 g/mol. The molecule has 0 aliphatic carbocycles. The number of aromatic nitrogens is 1. The predicted molar refractivity (Wildman–Crippen MR) is 53.2 cm³/mol. The molecule has 6 nitrogen and oxygen atoms in total. The van der Waals surface area contributed by atoms with Crippen molar-refractivity contribution in [2.45, 2.75) is 0 Å². The number of hydrogen-bond acceptors (Lipinski definition) is 4. The maximum atomic E-state index is 8.74. The molecule has 74 valence electrons. The van der Waals surface area contributed by atoms with Gasteiger partial charge in [-0.25, -0.2) is 0 Å². The Hall–Kier alpha value is 0.110. The minimum absolute atomic E-state index is 0.434. The van der Waals surface area contributed by atoms with Crippen LogP contribution < -0.4 is 8.55 Å². The first-order valence-corrected chi connectivity index (χ1v) is 6.05. The van der Waals surface area contributed by atoms with Crippen LogP contribution >= 0.6 is 11.6 Å². The molecule has 1 rings (SSSR count). The first kappa shape index (κ1) is 14.1. The summed E-state index contributed by atoms with van der Waals surface area (Å²) in [5, 5.41) is 0.615. The number of nitrogens with zero attached hydrogens (tertiary/aromatic N) is 1. The van der Waals surface area contributed by atoms with Gasteiger partial charge in [0.2, 0.25) is 0 Å². The summed E-state index contributed by atoms with van der Waals surface area (Å²) >= 11 is 6.65. The van der Waals surface area contributed by atoms with Crippen LogP contribution in [0.25, 0.3) is 0 Å². The Morgan fingerprint density at radius 2 is 1.93 bits per heavy atom. The number of nitrogen functional groups attached to an aromatic ring is 1. The Bertz CT molecular complexity index is 382. The Labute approximate surface area is 103 Å². The summed E-state index contributed by atoms with van der Waals surface area (Å²) in [6.07, 6.45) is 1.67. The number of halogens is 1. The quantitative estimate of drug-likeness (QED) is 0.420. The second kappa shape index (κ2) is 5.86. The zero-order chi connectivity index (χ0) is 11.4. The van der Waals surface area contributed by atoms with Gasteiger partial charge in [-0.3, -0.25) is 9.11 Å². The average molecular weight is 249 g/mol. The van der Waals surface area contributed by atoms with Crippen LogP contribution in [-0.4, -0.2) is 50.4 Å². The molecule has 4 N–H and O–H groups in total. The maximum absolute atomic E-state index is 8.74. The van der Waals surface area contributed by atoms with Crippen molar-refractivity contribution in [2.75, 3.05) is 5.73 Å². The van der Waals surface area contributed by atoms with Gasteiger partial charge in [-0.15, -0.1) is 0 Å². The molecule has 0 aliphatic heterocycles. The molecule has 1 heterocycles. The molecule has 0 aliphatic rings. The van der Waals surface area contributed by atoms with Crippen LogP contribution in [0, 0.1) is 0 Å². The molecule has 0 bridgehead atoms. The maximum Gasteiger partial charge on any atom is 0.394 e. The van der Waals surface area contributed by atoms with E-state index in [0.717, 1.165) is 30.7 Å². The summed E-state index contributed by atoms with van der Waals surface area (Å²) in [4.78, 5) is 3.81. The molecule has 0 radical (unpaired) electrons. The van der Waals surface area contributed by atoms with E-state index in [1.807, 2.05) is 6.07 Å². The summed E-state index contributed by atoms with van der Waals surface area (Å²) in [5.74, 6) is 0.434. The SMILES string of the molecule is Nc1ncc[c]([Na])c1Cl.O=S(=O)(O)O. The molecule has 0 amide bonds. The number of nitrogens with two attached hydrogens (primary N) is 1. The van der Waals surface area contributed by atoms with Crippen molar-refractivity contribution in [1.29, 1.82) is 0 Å². The molecule has 1 aromatic heterocycles. The predicted octanol–water partition coefficient (Wildman–Crippen LogP) is -0.542. The first-order chi connectivity index (χ1) is 6.22. The third kappa shape index (κ3) is 7.51. The van der Waals surface area contributed by atoms with Crippen LogP contribution in [-0.2, 0) is 10.4 Å². The Morgan fingerprint density at radius 3 is 2.21 bits per heavy atom. The van der Waals surface area contributed by atoms with Gasteiger partial charge in [-0.1, -0.05) is 0 Å². The summed E-state index contributed by atoms with van der Waals surface area (Å²) < 4.78 is 32.7. The monoisotopic (exact) mass is 248 g/mol. The van der Waals surface area contributed by atoms with Gasteiger partial charge >= 0.3 is 86.6 Å². The minimum atomic E-state index is -4.67. The van der Waals surface area contributed by atoms with Gasteiger partial charge in [0.25, 0.3) is 0 Å². The van der Waals surface area contributed by atoms with Crippen LogP contribution in [0.1, 0.15) is 0 Å². The van der Waals surface area contributed by atoms with E-state index in [2.05, 4.69) is 4.98 Å². The fraction of sp³-hybridized carbons (Fsp3) is 0. The zero-order valence-corrected chi connectivity index (χ0v) is 10.7. The van der Waals surface area contributed by atoms with Gasteiger partial charge in [-0.2, -0.15) is 8.42 Å². The van der Waals surface area contributed by atoms with E-state index in [1.54, 1.807) is 6.20 Å². The Balaban J connectivity index is 0.000000292. The first-order valence-electron chi connectivity index (χ1n) is 3.28. The average Bonchev–Trinajstić information content (AvgIpc) is 1.97. The summed E-state index contributed by atoms with van der Waals surface area (Å²) in [7, 11) is -4.67. The van der Waals surface area contributed by atoms with Crippen molar-refractivity contribution in [2.24, 2.45) is 0 Å². The van der Waals surface area contributed by atoms with E-state index < -0.39 is 10.4 Å². The van der Waals surface area contributed by atoms with E-state index in [0.29, 0.717) is 10.8 Å². The molecule has 14 heavy (non-hydrogen) atoms. The van der Waals surface area contributed by atoms with E-state index >= 15 is 0 Å². The second-order valence-electron chi connectivity index (χ2n) is 2.27. The number of anilines is 1. The smallest absolute Gasteiger partial charge is 0.264 e. The second-order valence-corrected chi connectivity index (χ2v) is 4.63. The fourth-order valence-corrected chi connectivity index (χ4v) is 1.08. The van der Waals surface area contributed by atoms with Crippen molar-refractivity contribution >= 4 is 58.6 Å². The largest absolute Gasteiger partial charge is 0.394 e. The third-order valence-corrected chi connectivity index (χ3v) is 2.75. The molecule has 9 heteroatoms. The number of rotatable bonds is 0. The van der Waals surface area contributed by atoms with Crippen molar-refractivity contribution in [3.63, 3.8) is 0 Å². The van der Waals surface area contributed by atoms with Gasteiger partial charge in [0.1, 0.15) is 0 Å². The van der Waals surface area contributed by atoms with E-state index in [4.69, 9.17) is 34.9 Å². The van der Waals surface area contributed by atoms with Crippen LogP contribution in [0.3, 0.4) is 0 Å². The van der Waals surface area contributed by atoms with Gasteiger partial charge in [0, 0.05) is 0 Å². The molecule has 0 unspecified atom stereocenters. The Kier molecular flexibility index (Phi) is 5.91. The molecule has 1 aromatic rings. The molecule has 0 fully saturated rings. The third-order valence-electron chi connectivity index (χ3n) is 1.11. The van der Waals surface area contributed by atoms with Crippen LogP contribution in [0.2, 0.25) is 5.02 Å². The van der Waals surface area contributed by atoms with E-state index in [1.165, 1.54) is 0 Å². The van der Waals surface area contributed by atoms with Crippen LogP contribution in [0.15, 0.2) is 12.3 Å². The zero-order valence-electron chi connectivity index (χ0n) is 7.18. The fourth-order valence-electron chi connectivity index (χ4n) is 0.561. The van der Waals surface area contributed by atoms with Crippen molar-refractivity contribution in [3.05, 3.63) is 17.3 Å². The Morgan fingerprint density at radius 1 is 1.50 bits per heavy atom. The van der Waals surface area contributed by atoms with Gasteiger partial charge < -0.3 is 0 Å². The van der Waals surface area contributed by atoms with Gasteiger partial charge in [-0.05, 0) is 0 Å². The van der Waals surface area contributed by atoms with Crippen LogP contribution in [0.4, 0.5) is 5.82 Å². The number of hydrogen-bond donors (Lipinski definition) is 3. The molecule has 0 aromatic carbocycles. The molecule has 0 saturated carbocycles. The summed E-state index contributed by atoms with van der Waals surface area (Å²) in [6, 6.07) is 1.88. The molecule has 0 saturated heterocycles. The standard InChI is InChI=1S/C5H4ClN2.Na.H2O4S/c6-4-2-1-3-8-5(4)7;;1-5(2,3)4/h1,3H,(H2,7,8);;(H2,1,2,3,4). The van der Waals surface area contributed by atoms with Gasteiger partial charge in [0.05, 0.1) is 0 Å². The van der Waals surface area contributed by atoms with E-state index in [9.17, 15) is 0 Å². The van der Waals surface area contributed by atoms with Gasteiger partial charge in [0.15, 0.2) is 0 Å². The van der Waals surface area contributed by atoms with E-state index in [-0.39, 0.29) is 0 Å². The minimum Gasteiger partial charge on any atom is -0.264 e.